The molecule has 0 bridgehead atoms. The topological polar surface area (TPSA) is 87.7 Å². The average Bonchev–Trinajstić information content (AvgIpc) is 2.55. The van der Waals surface area contributed by atoms with Gasteiger partial charge in [0.25, 0.3) is 0 Å². The van der Waals surface area contributed by atoms with Crippen molar-refractivity contribution in [2.45, 2.75) is 44.5 Å². The summed E-state index contributed by atoms with van der Waals surface area (Å²) in [5.41, 5.74) is -1.69. The molecule has 1 aromatic carbocycles. The number of benzene rings is 1. The molecule has 27 heavy (non-hydrogen) atoms. The first-order valence-electron chi connectivity index (χ1n) is 8.02. The molecule has 1 aromatic rings. The van der Waals surface area contributed by atoms with Crippen LogP contribution in [0.4, 0.5) is 32.4 Å². The molecule has 6 nitrogen and oxygen atoms in total. The quantitative estimate of drug-likeness (QED) is 0.655. The monoisotopic (exact) mass is 396 g/mol. The lowest BCUT2D eigenvalue weighted by molar-refractivity contribution is -0.143. The second-order valence-electron chi connectivity index (χ2n) is 6.07. The van der Waals surface area contributed by atoms with Gasteiger partial charge in [0, 0.05) is 11.7 Å². The van der Waals surface area contributed by atoms with E-state index in [0.717, 1.165) is 6.07 Å². The van der Waals surface area contributed by atoms with Crippen molar-refractivity contribution in [3.05, 3.63) is 23.8 Å². The van der Waals surface area contributed by atoms with Crippen LogP contribution in [0.5, 0.6) is 5.75 Å². The van der Waals surface area contributed by atoms with Crippen LogP contribution in [-0.4, -0.2) is 29.8 Å². The van der Waals surface area contributed by atoms with Crippen molar-refractivity contribution >= 4 is 17.7 Å². The number of nitrogens with one attached hydrogen (secondary N) is 2. The predicted molar refractivity (Wildman–Crippen MR) is 83.6 cm³/mol. The molecule has 11 heteroatoms. The maximum atomic E-state index is 13.0. The van der Waals surface area contributed by atoms with Gasteiger partial charge in [0.15, 0.2) is 0 Å². The van der Waals surface area contributed by atoms with Crippen LogP contribution in [0, 0.1) is 5.92 Å². The molecule has 0 radical (unpaired) electrons. The van der Waals surface area contributed by atoms with Crippen molar-refractivity contribution in [2.75, 3.05) is 5.32 Å². The molecule has 1 aliphatic carbocycles. The van der Waals surface area contributed by atoms with Crippen LogP contribution < -0.4 is 15.4 Å². The minimum atomic E-state index is -4.95. The molecule has 0 heterocycles. The highest BCUT2D eigenvalue weighted by atomic mass is 19.4. The van der Waals surface area contributed by atoms with Crippen molar-refractivity contribution in [1.29, 1.82) is 0 Å². The van der Waals surface area contributed by atoms with Gasteiger partial charge in [-0.1, -0.05) is 0 Å². The number of carbonyl (C=O) groups is 2. The van der Waals surface area contributed by atoms with Crippen molar-refractivity contribution in [2.24, 2.45) is 5.92 Å². The zero-order valence-corrected chi connectivity index (χ0v) is 13.9. The number of alkyl halides is 5. The summed E-state index contributed by atoms with van der Waals surface area (Å²) < 4.78 is 67.3. The molecule has 0 saturated heterocycles. The van der Waals surface area contributed by atoms with Gasteiger partial charge in [-0.3, -0.25) is 4.79 Å². The van der Waals surface area contributed by atoms with Crippen LogP contribution in [0.25, 0.3) is 0 Å². The van der Waals surface area contributed by atoms with E-state index in [4.69, 9.17) is 5.11 Å². The zero-order chi connectivity index (χ0) is 20.2. The molecule has 0 spiro atoms. The van der Waals surface area contributed by atoms with E-state index in [2.05, 4.69) is 15.4 Å². The Morgan fingerprint density at radius 1 is 1.15 bits per heavy atom. The van der Waals surface area contributed by atoms with Gasteiger partial charge in [-0.25, -0.2) is 4.79 Å². The van der Waals surface area contributed by atoms with Crippen LogP contribution in [0.2, 0.25) is 0 Å². The third kappa shape index (κ3) is 5.97. The Kier molecular flexibility index (Phi) is 6.45. The number of aliphatic carboxylic acids is 1. The number of carbonyl (C=O) groups excluding carboxylic acids is 1. The van der Waals surface area contributed by atoms with Crippen molar-refractivity contribution in [3.63, 3.8) is 0 Å². The fourth-order valence-electron chi connectivity index (χ4n) is 2.87. The molecule has 2 amide bonds. The maximum Gasteiger partial charge on any atom is 0.420 e. The summed E-state index contributed by atoms with van der Waals surface area (Å²) in [6, 6.07) is 1.13. The third-order valence-corrected chi connectivity index (χ3v) is 4.17. The first-order chi connectivity index (χ1) is 12.6. The molecule has 2 rings (SSSR count). The number of carboxylic acid groups (broad SMARTS) is 1. The summed E-state index contributed by atoms with van der Waals surface area (Å²) in [5.74, 6) is -2.41. The predicted octanol–water partition coefficient (Wildman–Crippen LogP) is 4.07. The molecule has 0 atom stereocenters. The number of carboxylic acids is 1. The Balaban J connectivity index is 2.00. The van der Waals surface area contributed by atoms with Gasteiger partial charge in [-0.05, 0) is 43.9 Å². The summed E-state index contributed by atoms with van der Waals surface area (Å²) in [6.07, 6.45) is -3.32. The summed E-state index contributed by atoms with van der Waals surface area (Å²) in [7, 11) is 0. The van der Waals surface area contributed by atoms with Crippen LogP contribution in [-0.2, 0) is 11.0 Å². The second-order valence-corrected chi connectivity index (χ2v) is 6.07. The number of hydrogen-bond acceptors (Lipinski definition) is 3. The lowest BCUT2D eigenvalue weighted by Gasteiger charge is -2.26. The number of hydrogen-bond donors (Lipinski definition) is 3. The number of anilines is 1. The van der Waals surface area contributed by atoms with Crippen molar-refractivity contribution < 1.29 is 41.4 Å². The van der Waals surface area contributed by atoms with Gasteiger partial charge < -0.3 is 20.5 Å². The normalized spacial score (nSPS) is 20.2. The first-order valence-corrected chi connectivity index (χ1v) is 8.02. The molecule has 1 saturated carbocycles. The highest BCUT2D eigenvalue weighted by Crippen LogP contribution is 2.38. The largest absolute Gasteiger partial charge is 0.481 e. The van der Waals surface area contributed by atoms with Crippen LogP contribution in [0.3, 0.4) is 0 Å². The molecule has 150 valence electrons. The fraction of sp³-hybridized carbons (Fsp3) is 0.500. The fourth-order valence-corrected chi connectivity index (χ4v) is 2.87. The molecule has 0 aromatic heterocycles. The number of rotatable bonds is 5. The van der Waals surface area contributed by atoms with E-state index >= 15 is 0 Å². The summed E-state index contributed by atoms with van der Waals surface area (Å²) in [5, 5.41) is 13.7. The Morgan fingerprint density at radius 3 is 2.30 bits per heavy atom. The molecule has 1 aliphatic rings. The Bertz CT molecular complexity index is 688. The minimum Gasteiger partial charge on any atom is -0.481 e. The number of halogens is 5. The molecule has 0 aliphatic heterocycles. The van der Waals surface area contributed by atoms with E-state index in [1.165, 1.54) is 0 Å². The van der Waals surface area contributed by atoms with Crippen LogP contribution in [0.15, 0.2) is 18.2 Å². The third-order valence-electron chi connectivity index (χ3n) is 4.17. The molecular formula is C16H17F5N2O4. The average molecular weight is 396 g/mol. The van der Waals surface area contributed by atoms with Gasteiger partial charge in [-0.15, -0.1) is 0 Å². The second kappa shape index (κ2) is 8.40. The number of ether oxygens (including phenoxy) is 1. The standard InChI is InChI=1S/C16H17F5N2O4/c17-14(18)27-12-6-5-10(7-11(12)16(19,20)21)23-15(26)22-9-3-1-8(2-4-9)13(24)25/h5-9,14H,1-4H2,(H,24,25)(H2,22,23,26). The highest BCUT2D eigenvalue weighted by molar-refractivity contribution is 5.89. The smallest absolute Gasteiger partial charge is 0.420 e. The highest BCUT2D eigenvalue weighted by Gasteiger charge is 2.35. The number of urea groups is 1. The van der Waals surface area contributed by atoms with E-state index in [-0.39, 0.29) is 11.7 Å². The van der Waals surface area contributed by atoms with Gasteiger partial charge in [0.2, 0.25) is 0 Å². The Morgan fingerprint density at radius 2 is 1.78 bits per heavy atom. The lowest BCUT2D eigenvalue weighted by Crippen LogP contribution is -2.41. The molecular weight excluding hydrogens is 379 g/mol. The van der Waals surface area contributed by atoms with Crippen LogP contribution >= 0.6 is 0 Å². The Hall–Kier alpha value is -2.59. The van der Waals surface area contributed by atoms with Gasteiger partial charge in [0.1, 0.15) is 5.75 Å². The van der Waals surface area contributed by atoms with Crippen molar-refractivity contribution in [3.8, 4) is 5.75 Å². The van der Waals surface area contributed by atoms with Gasteiger partial charge in [0.05, 0.1) is 11.5 Å². The summed E-state index contributed by atoms with van der Waals surface area (Å²) in [6.45, 7) is -3.42. The van der Waals surface area contributed by atoms with E-state index in [1.54, 1.807) is 0 Å². The first kappa shape index (κ1) is 20.7. The molecule has 3 N–H and O–H groups in total. The zero-order valence-electron chi connectivity index (χ0n) is 13.9. The van der Waals surface area contributed by atoms with E-state index in [1.807, 2.05) is 0 Å². The van der Waals surface area contributed by atoms with E-state index < -0.39 is 42.0 Å². The van der Waals surface area contributed by atoms with Crippen LogP contribution in [0.1, 0.15) is 31.2 Å². The summed E-state index contributed by atoms with van der Waals surface area (Å²) >= 11 is 0. The van der Waals surface area contributed by atoms with E-state index in [0.29, 0.717) is 37.8 Å². The molecule has 1 fully saturated rings. The molecule has 0 unspecified atom stereocenters. The Labute approximate surface area is 150 Å². The summed E-state index contributed by atoms with van der Waals surface area (Å²) in [4.78, 5) is 22.8. The van der Waals surface area contributed by atoms with Crippen molar-refractivity contribution in [1.82, 2.24) is 5.32 Å². The van der Waals surface area contributed by atoms with Gasteiger partial charge in [-0.2, -0.15) is 22.0 Å². The number of amides is 2. The SMILES string of the molecule is O=C(Nc1ccc(OC(F)F)c(C(F)(F)F)c1)NC1CCC(C(=O)O)CC1. The maximum absolute atomic E-state index is 13.0. The van der Waals surface area contributed by atoms with E-state index in [9.17, 15) is 31.5 Å². The minimum absolute atomic E-state index is 0.249. The lowest BCUT2D eigenvalue weighted by atomic mass is 9.86. The van der Waals surface area contributed by atoms with Gasteiger partial charge >= 0.3 is 24.8 Å².